The summed E-state index contributed by atoms with van der Waals surface area (Å²) in [6.07, 6.45) is 25.5. The first-order valence-corrected chi connectivity index (χ1v) is 13.3. The second-order valence-corrected chi connectivity index (χ2v) is 9.35. The summed E-state index contributed by atoms with van der Waals surface area (Å²) in [6.45, 7) is 2.90. The van der Waals surface area contributed by atoms with Gasteiger partial charge in [-0.2, -0.15) is 0 Å². The number of allylic oxidation sites excluding steroid dienone is 2. The first-order valence-electron chi connectivity index (χ1n) is 13.3. The van der Waals surface area contributed by atoms with Crippen LogP contribution >= 0.6 is 0 Å². The summed E-state index contributed by atoms with van der Waals surface area (Å²) >= 11 is 0. The van der Waals surface area contributed by atoms with E-state index in [1.54, 1.807) is 19.0 Å². The van der Waals surface area contributed by atoms with Gasteiger partial charge in [-0.1, -0.05) is 83.3 Å². The van der Waals surface area contributed by atoms with Crippen molar-refractivity contribution in [2.24, 2.45) is 0 Å². The van der Waals surface area contributed by atoms with E-state index in [4.69, 9.17) is 5.11 Å². The molecule has 32 heavy (non-hydrogen) atoms. The highest BCUT2D eigenvalue weighted by Gasteiger charge is 2.18. The minimum Gasteiger partial charge on any atom is -0.480 e. The molecule has 0 aliphatic carbocycles. The average Bonchev–Trinajstić information content (AvgIpc) is 2.75. The van der Waals surface area contributed by atoms with Crippen molar-refractivity contribution in [3.8, 4) is 0 Å². The highest BCUT2D eigenvalue weighted by Crippen LogP contribution is 2.12. The third kappa shape index (κ3) is 20.5. The Hall–Kier alpha value is -1.36. The molecule has 5 heteroatoms. The molecule has 1 atom stereocenters. The predicted molar refractivity (Wildman–Crippen MR) is 136 cm³/mol. The molecule has 0 fully saturated rings. The molecule has 2 N–H and O–H groups in total. The van der Waals surface area contributed by atoms with E-state index in [0.717, 1.165) is 32.1 Å². The number of hydrogen-bond donors (Lipinski definition) is 2. The highest BCUT2D eigenvalue weighted by molar-refractivity contribution is 5.75. The molecular formula is C27H52N2O3. The summed E-state index contributed by atoms with van der Waals surface area (Å²) in [7, 11) is 3.57. The normalized spacial score (nSPS) is 12.5. The van der Waals surface area contributed by atoms with Gasteiger partial charge in [-0.05, 0) is 59.0 Å². The van der Waals surface area contributed by atoms with Crippen molar-refractivity contribution < 1.29 is 14.7 Å². The molecule has 0 aromatic rings. The van der Waals surface area contributed by atoms with Crippen LogP contribution in [0.4, 0.5) is 0 Å². The van der Waals surface area contributed by atoms with E-state index in [1.807, 2.05) is 0 Å². The lowest BCUT2D eigenvalue weighted by atomic mass is 10.1. The molecule has 0 bridgehead atoms. The summed E-state index contributed by atoms with van der Waals surface area (Å²) in [5, 5.41) is 12.1. The Morgan fingerprint density at radius 2 is 1.31 bits per heavy atom. The molecule has 0 aliphatic heterocycles. The van der Waals surface area contributed by atoms with E-state index < -0.39 is 12.0 Å². The number of rotatable bonds is 23. The van der Waals surface area contributed by atoms with Crippen LogP contribution in [0.2, 0.25) is 0 Å². The van der Waals surface area contributed by atoms with Crippen LogP contribution in [-0.4, -0.2) is 48.6 Å². The SMILES string of the molecule is CCCCCCCCCCCCC/C=C/CCCC(=O)NCCCC[C@@H](C(=O)O)N(C)C. The number of unbranched alkanes of at least 4 members (excludes halogenated alkanes) is 13. The van der Waals surface area contributed by atoms with Crippen LogP contribution in [0.15, 0.2) is 12.2 Å². The van der Waals surface area contributed by atoms with Crippen molar-refractivity contribution in [3.63, 3.8) is 0 Å². The maximum atomic E-state index is 11.9. The van der Waals surface area contributed by atoms with Crippen molar-refractivity contribution in [3.05, 3.63) is 12.2 Å². The van der Waals surface area contributed by atoms with Crippen LogP contribution in [0.25, 0.3) is 0 Å². The molecule has 0 radical (unpaired) electrons. The standard InChI is InChI=1S/C27H52N2O3/c1-4-5-6-7-8-9-10-11-12-13-14-15-16-17-18-19-23-26(30)28-24-21-20-22-25(27(31)32)29(2)3/h16-17,25H,4-15,18-24H2,1-3H3,(H,28,30)(H,31,32)/b17-16+/t25-/m0/s1. The minimum atomic E-state index is -0.782. The number of aliphatic carboxylic acids is 1. The number of nitrogens with one attached hydrogen (secondary N) is 1. The third-order valence-corrected chi connectivity index (χ3v) is 6.05. The topological polar surface area (TPSA) is 69.6 Å². The van der Waals surface area contributed by atoms with Crippen molar-refractivity contribution in [2.45, 2.75) is 129 Å². The van der Waals surface area contributed by atoms with Crippen LogP contribution in [-0.2, 0) is 9.59 Å². The molecular weight excluding hydrogens is 400 g/mol. The molecule has 0 aliphatic rings. The first-order chi connectivity index (χ1) is 15.5. The van der Waals surface area contributed by atoms with Gasteiger partial charge in [0.05, 0.1) is 0 Å². The second kappa shape index (κ2) is 22.8. The Balaban J connectivity index is 3.40. The molecule has 5 nitrogen and oxygen atoms in total. The van der Waals surface area contributed by atoms with E-state index in [9.17, 15) is 9.59 Å². The number of carboxylic acids is 1. The lowest BCUT2D eigenvalue weighted by Gasteiger charge is -2.19. The Morgan fingerprint density at radius 1 is 0.781 bits per heavy atom. The molecule has 0 heterocycles. The summed E-state index contributed by atoms with van der Waals surface area (Å²) in [6, 6.07) is -0.442. The monoisotopic (exact) mass is 452 g/mol. The number of hydrogen-bond acceptors (Lipinski definition) is 3. The van der Waals surface area contributed by atoms with Gasteiger partial charge in [0.25, 0.3) is 0 Å². The number of carbonyl (C=O) groups is 2. The Morgan fingerprint density at radius 3 is 1.84 bits per heavy atom. The van der Waals surface area contributed by atoms with E-state index in [1.165, 1.54) is 70.6 Å². The van der Waals surface area contributed by atoms with Crippen LogP contribution in [0.1, 0.15) is 122 Å². The van der Waals surface area contributed by atoms with E-state index in [2.05, 4.69) is 24.4 Å². The van der Waals surface area contributed by atoms with Crippen molar-refractivity contribution in [2.75, 3.05) is 20.6 Å². The van der Waals surface area contributed by atoms with Gasteiger partial charge in [0.2, 0.25) is 5.91 Å². The smallest absolute Gasteiger partial charge is 0.320 e. The molecule has 0 spiro atoms. The molecule has 1 amide bonds. The number of carboxylic acid groups (broad SMARTS) is 1. The van der Waals surface area contributed by atoms with Crippen LogP contribution < -0.4 is 5.32 Å². The van der Waals surface area contributed by atoms with Crippen LogP contribution in [0.3, 0.4) is 0 Å². The summed E-state index contributed by atoms with van der Waals surface area (Å²) in [4.78, 5) is 24.7. The molecule has 0 saturated heterocycles. The van der Waals surface area contributed by atoms with Gasteiger partial charge in [-0.3, -0.25) is 14.5 Å². The quantitative estimate of drug-likeness (QED) is 0.133. The van der Waals surface area contributed by atoms with Crippen molar-refractivity contribution in [1.82, 2.24) is 10.2 Å². The highest BCUT2D eigenvalue weighted by atomic mass is 16.4. The maximum absolute atomic E-state index is 11.9. The molecule has 0 aromatic carbocycles. The lowest BCUT2D eigenvalue weighted by Crippen LogP contribution is -2.35. The lowest BCUT2D eigenvalue weighted by molar-refractivity contribution is -0.142. The van der Waals surface area contributed by atoms with Crippen LogP contribution in [0.5, 0.6) is 0 Å². The summed E-state index contributed by atoms with van der Waals surface area (Å²) in [5.41, 5.74) is 0. The van der Waals surface area contributed by atoms with E-state index in [0.29, 0.717) is 19.4 Å². The van der Waals surface area contributed by atoms with Crippen LogP contribution in [0, 0.1) is 0 Å². The first kappa shape index (κ1) is 30.6. The zero-order chi connectivity index (χ0) is 23.9. The fourth-order valence-corrected chi connectivity index (χ4v) is 3.92. The van der Waals surface area contributed by atoms with Gasteiger partial charge in [0.15, 0.2) is 0 Å². The second-order valence-electron chi connectivity index (χ2n) is 9.35. The summed E-state index contributed by atoms with van der Waals surface area (Å²) in [5.74, 6) is -0.679. The third-order valence-electron chi connectivity index (χ3n) is 6.05. The van der Waals surface area contributed by atoms with Crippen molar-refractivity contribution in [1.29, 1.82) is 0 Å². The van der Waals surface area contributed by atoms with Crippen molar-refractivity contribution >= 4 is 11.9 Å². The van der Waals surface area contributed by atoms with E-state index in [-0.39, 0.29) is 5.91 Å². The molecule has 0 aromatic heterocycles. The van der Waals surface area contributed by atoms with Gasteiger partial charge < -0.3 is 10.4 Å². The Labute approximate surface area is 198 Å². The van der Waals surface area contributed by atoms with Gasteiger partial charge in [-0.15, -0.1) is 0 Å². The Bertz CT molecular complexity index is 478. The zero-order valence-corrected chi connectivity index (χ0v) is 21.4. The number of nitrogens with zero attached hydrogens (tertiary/aromatic N) is 1. The Kier molecular flexibility index (Phi) is 21.9. The van der Waals surface area contributed by atoms with Gasteiger partial charge >= 0.3 is 5.97 Å². The largest absolute Gasteiger partial charge is 0.480 e. The number of carbonyl (C=O) groups excluding carboxylic acids is 1. The van der Waals surface area contributed by atoms with Gasteiger partial charge in [0.1, 0.15) is 6.04 Å². The maximum Gasteiger partial charge on any atom is 0.320 e. The molecule has 188 valence electrons. The van der Waals surface area contributed by atoms with Gasteiger partial charge in [-0.25, -0.2) is 0 Å². The molecule has 0 unspecified atom stereocenters. The zero-order valence-electron chi connectivity index (χ0n) is 21.4. The average molecular weight is 453 g/mol. The van der Waals surface area contributed by atoms with Gasteiger partial charge in [0, 0.05) is 13.0 Å². The number of likely N-dealkylation sites (N-methyl/N-ethyl adjacent to an activating group) is 1. The number of amides is 1. The summed E-state index contributed by atoms with van der Waals surface area (Å²) < 4.78 is 0. The fraction of sp³-hybridized carbons (Fsp3) is 0.852. The van der Waals surface area contributed by atoms with E-state index >= 15 is 0 Å². The fourth-order valence-electron chi connectivity index (χ4n) is 3.92. The minimum absolute atomic E-state index is 0.103. The predicted octanol–water partition coefficient (Wildman–Crippen LogP) is 6.72. The molecule has 0 rings (SSSR count). The molecule has 0 saturated carbocycles.